The standard InChI is InChI=1S/C21H30N4O/c1-24(10-11-26-2)21-9-8-17(13-23-21)14-25-15-19(12-22)20(16-25)18-6-4-3-5-7-18/h3-9,13,19-20H,10-12,14-16,22H2,1-2H3/t19-,20+/m1/s1. The van der Waals surface area contributed by atoms with Crippen molar-refractivity contribution in [3.8, 4) is 0 Å². The van der Waals surface area contributed by atoms with E-state index in [9.17, 15) is 0 Å². The second kappa shape index (κ2) is 9.12. The minimum absolute atomic E-state index is 0.518. The van der Waals surface area contributed by atoms with Crippen molar-refractivity contribution in [2.45, 2.75) is 12.5 Å². The molecule has 5 nitrogen and oxygen atoms in total. The molecular weight excluding hydrogens is 324 g/mol. The first-order valence-electron chi connectivity index (χ1n) is 9.33. The van der Waals surface area contributed by atoms with Gasteiger partial charge in [-0.05, 0) is 29.7 Å². The number of hydrogen-bond donors (Lipinski definition) is 1. The van der Waals surface area contributed by atoms with Gasteiger partial charge in [0, 0.05) is 52.5 Å². The number of likely N-dealkylation sites (tertiary alicyclic amines) is 1. The highest BCUT2D eigenvalue weighted by Crippen LogP contribution is 2.32. The Hall–Kier alpha value is -1.95. The molecule has 0 spiro atoms. The van der Waals surface area contributed by atoms with E-state index >= 15 is 0 Å². The van der Waals surface area contributed by atoms with Gasteiger partial charge in [0.15, 0.2) is 0 Å². The molecule has 140 valence electrons. The van der Waals surface area contributed by atoms with E-state index < -0.39 is 0 Å². The average Bonchev–Trinajstić information content (AvgIpc) is 3.10. The molecule has 0 saturated carbocycles. The summed E-state index contributed by atoms with van der Waals surface area (Å²) in [5.74, 6) is 2.02. The van der Waals surface area contributed by atoms with Gasteiger partial charge in [-0.25, -0.2) is 4.98 Å². The molecule has 3 rings (SSSR count). The Morgan fingerprint density at radius 2 is 2.00 bits per heavy atom. The Morgan fingerprint density at radius 3 is 2.65 bits per heavy atom. The van der Waals surface area contributed by atoms with Gasteiger partial charge < -0.3 is 15.4 Å². The number of aromatic nitrogens is 1. The molecule has 1 aromatic carbocycles. The van der Waals surface area contributed by atoms with E-state index in [0.29, 0.717) is 18.4 Å². The minimum Gasteiger partial charge on any atom is -0.383 e. The number of rotatable bonds is 8. The summed E-state index contributed by atoms with van der Waals surface area (Å²) in [6.45, 7) is 5.31. The summed E-state index contributed by atoms with van der Waals surface area (Å²) in [5, 5.41) is 0. The molecule has 0 aliphatic carbocycles. The molecule has 0 unspecified atom stereocenters. The van der Waals surface area contributed by atoms with Crippen molar-refractivity contribution < 1.29 is 4.74 Å². The summed E-state index contributed by atoms with van der Waals surface area (Å²) >= 11 is 0. The summed E-state index contributed by atoms with van der Waals surface area (Å²) in [5.41, 5.74) is 8.71. The van der Waals surface area contributed by atoms with Crippen LogP contribution < -0.4 is 10.6 Å². The first-order chi connectivity index (χ1) is 12.7. The van der Waals surface area contributed by atoms with Crippen LogP contribution in [-0.2, 0) is 11.3 Å². The lowest BCUT2D eigenvalue weighted by molar-refractivity contribution is 0.206. The van der Waals surface area contributed by atoms with Gasteiger partial charge >= 0.3 is 0 Å². The van der Waals surface area contributed by atoms with Crippen LogP contribution in [0.4, 0.5) is 5.82 Å². The summed E-state index contributed by atoms with van der Waals surface area (Å²) in [6, 6.07) is 15.0. The maximum atomic E-state index is 6.06. The maximum absolute atomic E-state index is 6.06. The lowest BCUT2D eigenvalue weighted by Gasteiger charge is -2.19. The van der Waals surface area contributed by atoms with Crippen molar-refractivity contribution in [3.05, 3.63) is 59.8 Å². The molecule has 1 fully saturated rings. The Kier molecular flexibility index (Phi) is 6.61. The van der Waals surface area contributed by atoms with Crippen LogP contribution in [0.2, 0.25) is 0 Å². The third-order valence-corrected chi connectivity index (χ3v) is 5.28. The molecule has 1 aromatic heterocycles. The average molecular weight is 354 g/mol. The number of likely N-dealkylation sites (N-methyl/N-ethyl adjacent to an activating group) is 1. The molecule has 5 heteroatoms. The van der Waals surface area contributed by atoms with Crippen LogP contribution in [-0.4, -0.2) is 56.8 Å². The van der Waals surface area contributed by atoms with E-state index in [2.05, 4.69) is 57.2 Å². The first-order valence-corrected chi connectivity index (χ1v) is 9.33. The third kappa shape index (κ3) is 4.61. The van der Waals surface area contributed by atoms with Gasteiger partial charge in [-0.3, -0.25) is 4.90 Å². The van der Waals surface area contributed by atoms with E-state index in [1.807, 2.05) is 13.2 Å². The molecule has 2 heterocycles. The van der Waals surface area contributed by atoms with E-state index in [-0.39, 0.29) is 0 Å². The van der Waals surface area contributed by atoms with Crippen LogP contribution in [0.15, 0.2) is 48.7 Å². The van der Waals surface area contributed by atoms with Crippen molar-refractivity contribution in [2.75, 3.05) is 51.8 Å². The number of pyridine rings is 1. The highest BCUT2D eigenvalue weighted by atomic mass is 16.5. The van der Waals surface area contributed by atoms with Crippen LogP contribution in [0.5, 0.6) is 0 Å². The zero-order valence-electron chi connectivity index (χ0n) is 15.8. The van der Waals surface area contributed by atoms with Crippen molar-refractivity contribution >= 4 is 5.82 Å². The number of ether oxygens (including phenoxy) is 1. The smallest absolute Gasteiger partial charge is 0.128 e. The van der Waals surface area contributed by atoms with Gasteiger partial charge in [-0.1, -0.05) is 36.4 Å². The molecule has 26 heavy (non-hydrogen) atoms. The highest BCUT2D eigenvalue weighted by molar-refractivity contribution is 5.38. The molecule has 2 aromatic rings. The highest BCUT2D eigenvalue weighted by Gasteiger charge is 2.32. The zero-order chi connectivity index (χ0) is 18.4. The van der Waals surface area contributed by atoms with Gasteiger partial charge in [0.1, 0.15) is 5.82 Å². The second-order valence-corrected chi connectivity index (χ2v) is 7.15. The molecule has 2 atom stereocenters. The fourth-order valence-electron chi connectivity index (χ4n) is 3.74. The maximum Gasteiger partial charge on any atom is 0.128 e. The van der Waals surface area contributed by atoms with Crippen LogP contribution in [0.3, 0.4) is 0 Å². The van der Waals surface area contributed by atoms with Crippen molar-refractivity contribution in [3.63, 3.8) is 0 Å². The van der Waals surface area contributed by atoms with Crippen molar-refractivity contribution in [2.24, 2.45) is 11.7 Å². The monoisotopic (exact) mass is 354 g/mol. The third-order valence-electron chi connectivity index (χ3n) is 5.28. The SMILES string of the molecule is COCCN(C)c1ccc(CN2C[C@@H](CN)[C@H](c3ccccc3)C2)cn1. The van der Waals surface area contributed by atoms with Gasteiger partial charge in [-0.2, -0.15) is 0 Å². The van der Waals surface area contributed by atoms with E-state index in [1.165, 1.54) is 11.1 Å². The normalized spacial score (nSPS) is 20.4. The minimum atomic E-state index is 0.518. The number of methoxy groups -OCH3 is 1. The van der Waals surface area contributed by atoms with Gasteiger partial charge in [0.05, 0.1) is 6.61 Å². The van der Waals surface area contributed by atoms with Crippen LogP contribution in [0.1, 0.15) is 17.0 Å². The van der Waals surface area contributed by atoms with Crippen LogP contribution >= 0.6 is 0 Å². The summed E-state index contributed by atoms with van der Waals surface area (Å²) in [4.78, 5) is 9.22. The Balaban J connectivity index is 1.60. The molecule has 1 aliphatic heterocycles. The summed E-state index contributed by atoms with van der Waals surface area (Å²) < 4.78 is 5.13. The van der Waals surface area contributed by atoms with Gasteiger partial charge in [0.2, 0.25) is 0 Å². The second-order valence-electron chi connectivity index (χ2n) is 7.15. The molecule has 2 N–H and O–H groups in total. The fraction of sp³-hybridized carbons (Fsp3) is 0.476. The van der Waals surface area contributed by atoms with E-state index in [0.717, 1.165) is 38.5 Å². The Labute approximate surface area is 156 Å². The molecular formula is C21H30N4O. The lowest BCUT2D eigenvalue weighted by atomic mass is 9.89. The van der Waals surface area contributed by atoms with Crippen LogP contribution in [0, 0.1) is 5.92 Å². The quantitative estimate of drug-likeness (QED) is 0.789. The zero-order valence-corrected chi connectivity index (χ0v) is 15.8. The molecule has 0 amide bonds. The van der Waals surface area contributed by atoms with E-state index in [4.69, 9.17) is 10.5 Å². The number of hydrogen-bond acceptors (Lipinski definition) is 5. The molecule has 1 aliphatic rings. The largest absolute Gasteiger partial charge is 0.383 e. The molecule has 0 radical (unpaired) electrons. The molecule has 0 bridgehead atoms. The van der Waals surface area contributed by atoms with Crippen molar-refractivity contribution in [1.29, 1.82) is 0 Å². The van der Waals surface area contributed by atoms with Gasteiger partial charge in [-0.15, -0.1) is 0 Å². The topological polar surface area (TPSA) is 54.6 Å². The summed E-state index contributed by atoms with van der Waals surface area (Å²) in [7, 11) is 3.76. The first kappa shape index (κ1) is 18.8. The van der Waals surface area contributed by atoms with Crippen LogP contribution in [0.25, 0.3) is 0 Å². The Bertz CT molecular complexity index is 661. The fourth-order valence-corrected chi connectivity index (χ4v) is 3.74. The van der Waals surface area contributed by atoms with Crippen molar-refractivity contribution in [1.82, 2.24) is 9.88 Å². The van der Waals surface area contributed by atoms with E-state index in [1.54, 1.807) is 7.11 Å². The Morgan fingerprint density at radius 1 is 1.19 bits per heavy atom. The number of anilines is 1. The predicted molar refractivity (Wildman–Crippen MR) is 106 cm³/mol. The number of nitrogens with two attached hydrogens (primary N) is 1. The lowest BCUT2D eigenvalue weighted by Crippen LogP contribution is -2.24. The number of nitrogens with zero attached hydrogens (tertiary/aromatic N) is 3. The molecule has 1 saturated heterocycles. The summed E-state index contributed by atoms with van der Waals surface area (Å²) in [6.07, 6.45) is 1.99. The number of benzene rings is 1. The van der Waals surface area contributed by atoms with Gasteiger partial charge in [0.25, 0.3) is 0 Å². The predicted octanol–water partition coefficient (Wildman–Crippen LogP) is 2.34.